The van der Waals surface area contributed by atoms with Crippen LogP contribution in [0.4, 0.5) is 0 Å². The lowest BCUT2D eigenvalue weighted by molar-refractivity contribution is 0.336. The molecular formula is C12H20N2O2S2. The van der Waals surface area contributed by atoms with Gasteiger partial charge in [0.15, 0.2) is 0 Å². The second kappa shape index (κ2) is 5.69. The van der Waals surface area contributed by atoms with Gasteiger partial charge in [-0.3, -0.25) is 0 Å². The summed E-state index contributed by atoms with van der Waals surface area (Å²) in [5.74, 6) is 0. The molecule has 1 saturated carbocycles. The van der Waals surface area contributed by atoms with Crippen LogP contribution in [-0.2, 0) is 16.6 Å². The molecule has 0 aromatic carbocycles. The maximum Gasteiger partial charge on any atom is 0.252 e. The molecule has 0 aliphatic heterocycles. The van der Waals surface area contributed by atoms with E-state index in [9.17, 15) is 8.42 Å². The first-order chi connectivity index (χ1) is 8.59. The highest BCUT2D eigenvalue weighted by atomic mass is 32.2. The van der Waals surface area contributed by atoms with Crippen molar-refractivity contribution in [1.29, 1.82) is 0 Å². The highest BCUT2D eigenvalue weighted by Crippen LogP contribution is 2.31. The predicted octanol–water partition coefficient (Wildman–Crippen LogP) is 2.16. The number of nitrogens with zero attached hydrogens (tertiary/aromatic N) is 1. The summed E-state index contributed by atoms with van der Waals surface area (Å²) in [5, 5.41) is 0. The Morgan fingerprint density at radius 1 is 1.39 bits per heavy atom. The zero-order valence-corrected chi connectivity index (χ0v) is 12.3. The van der Waals surface area contributed by atoms with E-state index < -0.39 is 10.0 Å². The summed E-state index contributed by atoms with van der Waals surface area (Å²) in [6.45, 7) is 2.85. The molecule has 0 unspecified atom stereocenters. The SMILES string of the molecule is CCN(C1CCCC1)S(=O)(=O)c1ccc(CN)s1. The van der Waals surface area contributed by atoms with Gasteiger partial charge < -0.3 is 5.73 Å². The topological polar surface area (TPSA) is 63.4 Å². The second-order valence-electron chi connectivity index (χ2n) is 4.57. The van der Waals surface area contributed by atoms with Gasteiger partial charge in [0.1, 0.15) is 4.21 Å². The molecule has 0 bridgehead atoms. The molecule has 1 heterocycles. The molecule has 102 valence electrons. The van der Waals surface area contributed by atoms with Gasteiger partial charge in [0.25, 0.3) is 10.0 Å². The molecule has 1 aromatic heterocycles. The van der Waals surface area contributed by atoms with Crippen molar-refractivity contribution >= 4 is 21.4 Å². The van der Waals surface area contributed by atoms with Crippen LogP contribution < -0.4 is 5.73 Å². The standard InChI is InChI=1S/C12H20N2O2S2/c1-2-14(10-5-3-4-6-10)18(15,16)12-8-7-11(9-13)17-12/h7-8,10H,2-6,9,13H2,1H3. The van der Waals surface area contributed by atoms with Crippen LogP contribution in [0.1, 0.15) is 37.5 Å². The first kappa shape index (κ1) is 14.0. The predicted molar refractivity (Wildman–Crippen MR) is 74.0 cm³/mol. The number of hydrogen-bond acceptors (Lipinski definition) is 4. The summed E-state index contributed by atoms with van der Waals surface area (Å²) >= 11 is 1.29. The minimum absolute atomic E-state index is 0.184. The van der Waals surface area contributed by atoms with Crippen LogP contribution in [-0.4, -0.2) is 25.3 Å². The van der Waals surface area contributed by atoms with Crippen molar-refractivity contribution < 1.29 is 8.42 Å². The molecule has 4 nitrogen and oxygen atoms in total. The molecule has 0 atom stereocenters. The Morgan fingerprint density at radius 2 is 2.06 bits per heavy atom. The highest BCUT2D eigenvalue weighted by Gasteiger charge is 2.32. The molecular weight excluding hydrogens is 268 g/mol. The molecule has 2 N–H and O–H groups in total. The Bertz CT molecular complexity index is 490. The van der Waals surface area contributed by atoms with Crippen molar-refractivity contribution in [3.63, 3.8) is 0 Å². The zero-order valence-electron chi connectivity index (χ0n) is 10.6. The largest absolute Gasteiger partial charge is 0.326 e. The van der Waals surface area contributed by atoms with Crippen molar-refractivity contribution in [2.45, 2.75) is 49.4 Å². The molecule has 6 heteroatoms. The van der Waals surface area contributed by atoms with Crippen molar-refractivity contribution in [1.82, 2.24) is 4.31 Å². The Labute approximate surface area is 113 Å². The molecule has 0 spiro atoms. The van der Waals surface area contributed by atoms with Crippen molar-refractivity contribution in [2.24, 2.45) is 5.73 Å². The van der Waals surface area contributed by atoms with E-state index in [0.29, 0.717) is 17.3 Å². The lowest BCUT2D eigenvalue weighted by Crippen LogP contribution is -2.38. The lowest BCUT2D eigenvalue weighted by atomic mass is 10.2. The minimum Gasteiger partial charge on any atom is -0.326 e. The Kier molecular flexibility index (Phi) is 4.42. The summed E-state index contributed by atoms with van der Waals surface area (Å²) in [4.78, 5) is 0.913. The third kappa shape index (κ3) is 2.61. The number of thiophene rings is 1. The van der Waals surface area contributed by atoms with Crippen molar-refractivity contribution in [2.75, 3.05) is 6.54 Å². The van der Waals surface area contributed by atoms with E-state index in [-0.39, 0.29) is 6.04 Å². The highest BCUT2D eigenvalue weighted by molar-refractivity contribution is 7.91. The fourth-order valence-electron chi connectivity index (χ4n) is 2.54. The molecule has 0 saturated heterocycles. The van der Waals surface area contributed by atoms with E-state index in [1.807, 2.05) is 6.92 Å². The molecule has 1 fully saturated rings. The van der Waals surface area contributed by atoms with Crippen LogP contribution in [0.3, 0.4) is 0 Å². The van der Waals surface area contributed by atoms with Gasteiger partial charge in [-0.05, 0) is 25.0 Å². The van der Waals surface area contributed by atoms with Gasteiger partial charge in [0.05, 0.1) is 0 Å². The number of sulfonamides is 1. The second-order valence-corrected chi connectivity index (χ2v) is 7.86. The van der Waals surface area contributed by atoms with E-state index in [1.165, 1.54) is 11.3 Å². The Hall–Kier alpha value is -0.430. The number of nitrogens with two attached hydrogens (primary N) is 1. The van der Waals surface area contributed by atoms with Crippen LogP contribution in [0.5, 0.6) is 0 Å². The smallest absolute Gasteiger partial charge is 0.252 e. The quantitative estimate of drug-likeness (QED) is 0.903. The van der Waals surface area contributed by atoms with Crippen molar-refractivity contribution in [3.05, 3.63) is 17.0 Å². The van der Waals surface area contributed by atoms with Crippen LogP contribution in [0.15, 0.2) is 16.3 Å². The molecule has 2 rings (SSSR count). The zero-order chi connectivity index (χ0) is 13.2. The van der Waals surface area contributed by atoms with Crippen LogP contribution in [0.2, 0.25) is 0 Å². The number of rotatable bonds is 5. The van der Waals surface area contributed by atoms with Gasteiger partial charge in [0, 0.05) is 24.0 Å². The Balaban J connectivity index is 2.27. The van der Waals surface area contributed by atoms with E-state index in [4.69, 9.17) is 5.73 Å². The third-order valence-corrected chi connectivity index (χ3v) is 7.05. The van der Waals surface area contributed by atoms with Gasteiger partial charge in [-0.1, -0.05) is 19.8 Å². The first-order valence-corrected chi connectivity index (χ1v) is 8.66. The fourth-order valence-corrected chi connectivity index (χ4v) is 5.60. The van der Waals surface area contributed by atoms with Gasteiger partial charge in [-0.15, -0.1) is 11.3 Å². The molecule has 0 radical (unpaired) electrons. The minimum atomic E-state index is -3.33. The van der Waals surface area contributed by atoms with E-state index in [1.54, 1.807) is 16.4 Å². The first-order valence-electron chi connectivity index (χ1n) is 6.40. The van der Waals surface area contributed by atoms with E-state index in [2.05, 4.69) is 0 Å². The van der Waals surface area contributed by atoms with E-state index in [0.717, 1.165) is 30.6 Å². The summed E-state index contributed by atoms with van der Waals surface area (Å²) in [7, 11) is -3.33. The summed E-state index contributed by atoms with van der Waals surface area (Å²) < 4.78 is 27.2. The lowest BCUT2D eigenvalue weighted by Gasteiger charge is -2.25. The number of hydrogen-bond donors (Lipinski definition) is 1. The summed E-state index contributed by atoms with van der Waals surface area (Å²) in [5.41, 5.74) is 5.54. The molecule has 1 aromatic rings. The van der Waals surface area contributed by atoms with Gasteiger partial charge in [0.2, 0.25) is 0 Å². The van der Waals surface area contributed by atoms with Crippen LogP contribution in [0.25, 0.3) is 0 Å². The molecule has 1 aliphatic rings. The van der Waals surface area contributed by atoms with Crippen LogP contribution in [0, 0.1) is 0 Å². The maximum atomic E-state index is 12.6. The third-order valence-electron chi connectivity index (χ3n) is 3.44. The monoisotopic (exact) mass is 288 g/mol. The van der Waals surface area contributed by atoms with E-state index >= 15 is 0 Å². The summed E-state index contributed by atoms with van der Waals surface area (Å²) in [6, 6.07) is 3.67. The molecule has 18 heavy (non-hydrogen) atoms. The normalized spacial score (nSPS) is 17.7. The molecule has 0 amide bonds. The summed E-state index contributed by atoms with van der Waals surface area (Å²) in [6.07, 6.45) is 4.24. The Morgan fingerprint density at radius 3 is 2.56 bits per heavy atom. The maximum absolute atomic E-state index is 12.6. The van der Waals surface area contributed by atoms with Crippen molar-refractivity contribution in [3.8, 4) is 0 Å². The average Bonchev–Trinajstić information content (AvgIpc) is 3.00. The van der Waals surface area contributed by atoms with Gasteiger partial charge in [-0.25, -0.2) is 8.42 Å². The average molecular weight is 288 g/mol. The van der Waals surface area contributed by atoms with Gasteiger partial charge >= 0.3 is 0 Å². The fraction of sp³-hybridized carbons (Fsp3) is 0.667. The van der Waals surface area contributed by atoms with Crippen LogP contribution >= 0.6 is 11.3 Å². The molecule has 1 aliphatic carbocycles. The van der Waals surface area contributed by atoms with Gasteiger partial charge in [-0.2, -0.15) is 4.31 Å².